The van der Waals surface area contributed by atoms with Gasteiger partial charge in [-0.15, -0.1) is 0 Å². The van der Waals surface area contributed by atoms with Crippen molar-refractivity contribution in [3.05, 3.63) is 47.8 Å². The molecule has 4 heteroatoms. The summed E-state index contributed by atoms with van der Waals surface area (Å²) in [5.74, 6) is 0.840. The van der Waals surface area contributed by atoms with Gasteiger partial charge in [0.2, 0.25) is 0 Å². The molecule has 0 aliphatic carbocycles. The van der Waals surface area contributed by atoms with Gasteiger partial charge in [0.1, 0.15) is 5.75 Å². The normalized spacial score (nSPS) is 12.4. The summed E-state index contributed by atoms with van der Waals surface area (Å²) in [6.45, 7) is 5.18. The molecule has 0 aliphatic heterocycles. The van der Waals surface area contributed by atoms with Crippen LogP contribution in [0.3, 0.4) is 0 Å². The molecule has 19 heavy (non-hydrogen) atoms. The van der Waals surface area contributed by atoms with Crippen molar-refractivity contribution in [3.63, 3.8) is 0 Å². The minimum Gasteiger partial charge on any atom is -0.494 e. The summed E-state index contributed by atoms with van der Waals surface area (Å²) in [6.07, 6.45) is 2.31. The smallest absolute Gasteiger partial charge is 0.119 e. The molecular formula is C15H20N2O2. The van der Waals surface area contributed by atoms with Crippen LogP contribution in [0, 0.1) is 6.92 Å². The van der Waals surface area contributed by atoms with Crippen LogP contribution >= 0.6 is 0 Å². The van der Waals surface area contributed by atoms with Crippen LogP contribution in [0.4, 0.5) is 0 Å². The zero-order valence-corrected chi connectivity index (χ0v) is 11.4. The number of hydrogen-bond donors (Lipinski definition) is 1. The summed E-state index contributed by atoms with van der Waals surface area (Å²) in [5.41, 5.74) is 1.83. The molecule has 102 valence electrons. The molecule has 0 fully saturated rings. The lowest BCUT2D eigenvalue weighted by Crippen LogP contribution is -2.09. The largest absolute Gasteiger partial charge is 0.494 e. The van der Waals surface area contributed by atoms with Gasteiger partial charge in [0.25, 0.3) is 0 Å². The van der Waals surface area contributed by atoms with E-state index in [-0.39, 0.29) is 0 Å². The van der Waals surface area contributed by atoms with Crippen LogP contribution in [-0.2, 0) is 6.54 Å². The molecule has 0 radical (unpaired) electrons. The fraction of sp³-hybridized carbons (Fsp3) is 0.400. The van der Waals surface area contributed by atoms with Gasteiger partial charge in [0, 0.05) is 6.20 Å². The number of ether oxygens (including phenoxy) is 1. The first-order valence-corrected chi connectivity index (χ1v) is 6.60. The van der Waals surface area contributed by atoms with Crippen LogP contribution in [0.15, 0.2) is 36.5 Å². The Bertz CT molecular complexity index is 505. The van der Waals surface area contributed by atoms with Crippen LogP contribution in [0.2, 0.25) is 0 Å². The van der Waals surface area contributed by atoms with E-state index in [9.17, 15) is 5.11 Å². The van der Waals surface area contributed by atoms with Crippen molar-refractivity contribution < 1.29 is 9.84 Å². The lowest BCUT2D eigenvalue weighted by molar-refractivity contribution is 0.151. The van der Waals surface area contributed by atoms with E-state index < -0.39 is 6.10 Å². The lowest BCUT2D eigenvalue weighted by Gasteiger charge is -2.12. The molecule has 1 unspecified atom stereocenters. The monoisotopic (exact) mass is 260 g/mol. The molecule has 1 aromatic heterocycles. The number of aryl methyl sites for hydroxylation is 1. The van der Waals surface area contributed by atoms with E-state index in [0.717, 1.165) is 23.4 Å². The topological polar surface area (TPSA) is 47.3 Å². The van der Waals surface area contributed by atoms with Crippen LogP contribution in [0.25, 0.3) is 0 Å². The van der Waals surface area contributed by atoms with Crippen molar-refractivity contribution >= 4 is 0 Å². The maximum atomic E-state index is 10.1. The number of aromatic nitrogens is 2. The molecule has 0 bridgehead atoms. The Labute approximate surface area is 113 Å². The number of hydrogen-bond acceptors (Lipinski definition) is 3. The van der Waals surface area contributed by atoms with Crippen molar-refractivity contribution in [2.75, 3.05) is 6.61 Å². The highest BCUT2D eigenvalue weighted by Crippen LogP contribution is 2.19. The number of aliphatic hydroxyl groups is 1. The highest BCUT2D eigenvalue weighted by atomic mass is 16.5. The van der Waals surface area contributed by atoms with Gasteiger partial charge < -0.3 is 9.84 Å². The Hall–Kier alpha value is -1.81. The van der Waals surface area contributed by atoms with Crippen LogP contribution in [-0.4, -0.2) is 21.5 Å². The van der Waals surface area contributed by atoms with Gasteiger partial charge in [-0.25, -0.2) is 0 Å². The third-order valence-electron chi connectivity index (χ3n) is 2.87. The van der Waals surface area contributed by atoms with Crippen LogP contribution < -0.4 is 4.74 Å². The second-order valence-electron chi connectivity index (χ2n) is 4.61. The summed E-state index contributed by atoms with van der Waals surface area (Å²) in [5, 5.41) is 14.4. The SMILES string of the molecule is CCCOc1ccc(C(O)Cn2ccc(C)n2)cc1. The van der Waals surface area contributed by atoms with Crippen molar-refractivity contribution in [2.24, 2.45) is 0 Å². The van der Waals surface area contributed by atoms with Crippen molar-refractivity contribution in [3.8, 4) is 5.75 Å². The predicted molar refractivity (Wildman–Crippen MR) is 74.2 cm³/mol. The standard InChI is InChI=1S/C15H20N2O2/c1-3-10-19-14-6-4-13(5-7-14)15(18)11-17-9-8-12(2)16-17/h4-9,15,18H,3,10-11H2,1-2H3. The molecule has 4 nitrogen and oxygen atoms in total. The van der Waals surface area contributed by atoms with E-state index in [4.69, 9.17) is 4.74 Å². The molecule has 0 aliphatic rings. The van der Waals surface area contributed by atoms with E-state index in [2.05, 4.69) is 12.0 Å². The van der Waals surface area contributed by atoms with Gasteiger partial charge in [-0.2, -0.15) is 5.10 Å². The predicted octanol–water partition coefficient (Wildman–Crippen LogP) is 2.71. The Balaban J connectivity index is 1.97. The second-order valence-corrected chi connectivity index (χ2v) is 4.61. The van der Waals surface area contributed by atoms with E-state index in [1.54, 1.807) is 4.68 Å². The number of rotatable bonds is 6. The van der Waals surface area contributed by atoms with Crippen LogP contribution in [0.5, 0.6) is 5.75 Å². The van der Waals surface area contributed by atoms with Crippen molar-refractivity contribution in [2.45, 2.75) is 32.9 Å². The summed E-state index contributed by atoms with van der Waals surface area (Å²) >= 11 is 0. The molecule has 0 amide bonds. The molecule has 0 spiro atoms. The van der Waals surface area contributed by atoms with Gasteiger partial charge in [0.05, 0.1) is 24.9 Å². The fourth-order valence-corrected chi connectivity index (χ4v) is 1.85. The maximum absolute atomic E-state index is 10.1. The maximum Gasteiger partial charge on any atom is 0.119 e. The van der Waals surface area contributed by atoms with E-state index >= 15 is 0 Å². The average Bonchev–Trinajstić information content (AvgIpc) is 2.82. The van der Waals surface area contributed by atoms with Gasteiger partial charge in [-0.1, -0.05) is 19.1 Å². The number of nitrogens with zero attached hydrogens (tertiary/aromatic N) is 2. The third-order valence-corrected chi connectivity index (χ3v) is 2.87. The number of benzene rings is 1. The van der Waals surface area contributed by atoms with E-state index in [1.807, 2.05) is 43.5 Å². The molecule has 1 heterocycles. The minimum atomic E-state index is -0.556. The summed E-state index contributed by atoms with van der Waals surface area (Å²) in [7, 11) is 0. The Morgan fingerprint density at radius 2 is 2.00 bits per heavy atom. The minimum absolute atomic E-state index is 0.461. The zero-order chi connectivity index (χ0) is 13.7. The molecule has 1 aromatic carbocycles. The van der Waals surface area contributed by atoms with Gasteiger partial charge >= 0.3 is 0 Å². The fourth-order valence-electron chi connectivity index (χ4n) is 1.85. The average molecular weight is 260 g/mol. The van der Waals surface area contributed by atoms with Crippen molar-refractivity contribution in [1.82, 2.24) is 9.78 Å². The molecule has 0 saturated carbocycles. The molecule has 2 aromatic rings. The zero-order valence-electron chi connectivity index (χ0n) is 11.4. The lowest BCUT2D eigenvalue weighted by atomic mass is 10.1. The third kappa shape index (κ3) is 3.83. The first kappa shape index (κ1) is 13.6. The second kappa shape index (κ2) is 6.38. The number of aliphatic hydroxyl groups excluding tert-OH is 1. The highest BCUT2D eigenvalue weighted by Gasteiger charge is 2.09. The summed E-state index contributed by atoms with van der Waals surface area (Å²) in [4.78, 5) is 0. The molecule has 2 rings (SSSR count). The molecule has 0 saturated heterocycles. The molecular weight excluding hydrogens is 240 g/mol. The quantitative estimate of drug-likeness (QED) is 0.868. The van der Waals surface area contributed by atoms with E-state index in [0.29, 0.717) is 13.2 Å². The van der Waals surface area contributed by atoms with Crippen LogP contribution in [0.1, 0.15) is 30.7 Å². The Morgan fingerprint density at radius 1 is 1.26 bits per heavy atom. The van der Waals surface area contributed by atoms with Crippen molar-refractivity contribution in [1.29, 1.82) is 0 Å². The summed E-state index contributed by atoms with van der Waals surface area (Å²) in [6, 6.07) is 9.50. The molecule has 1 N–H and O–H groups in total. The summed E-state index contributed by atoms with van der Waals surface area (Å²) < 4.78 is 7.26. The Morgan fingerprint density at radius 3 is 2.58 bits per heavy atom. The Kier molecular flexibility index (Phi) is 4.58. The highest BCUT2D eigenvalue weighted by molar-refractivity contribution is 5.28. The first-order chi connectivity index (χ1) is 9.19. The van der Waals surface area contributed by atoms with E-state index in [1.165, 1.54) is 0 Å². The molecule has 1 atom stereocenters. The van der Waals surface area contributed by atoms with Gasteiger partial charge in [0.15, 0.2) is 0 Å². The first-order valence-electron chi connectivity index (χ1n) is 6.60. The van der Waals surface area contributed by atoms with Gasteiger partial charge in [-0.05, 0) is 37.1 Å². The van der Waals surface area contributed by atoms with Gasteiger partial charge in [-0.3, -0.25) is 4.68 Å².